The van der Waals surface area contributed by atoms with Crippen molar-refractivity contribution in [2.45, 2.75) is 13.0 Å². The number of sulfonamides is 1. The first kappa shape index (κ1) is 18.4. The highest BCUT2D eigenvalue weighted by molar-refractivity contribution is 7.89. The molecule has 136 valence electrons. The molecule has 1 amide bonds. The van der Waals surface area contributed by atoms with Crippen LogP contribution in [0.25, 0.3) is 6.08 Å². The molecule has 2 aromatic carbocycles. The van der Waals surface area contributed by atoms with Gasteiger partial charge in [-0.05, 0) is 29.2 Å². The van der Waals surface area contributed by atoms with Crippen LogP contribution in [0.5, 0.6) is 0 Å². The highest BCUT2D eigenvalue weighted by Gasteiger charge is 2.26. The third-order valence-corrected chi connectivity index (χ3v) is 6.19. The number of hydrogen-bond acceptors (Lipinski definition) is 3. The van der Waals surface area contributed by atoms with Crippen molar-refractivity contribution < 1.29 is 13.2 Å². The van der Waals surface area contributed by atoms with E-state index in [4.69, 9.17) is 0 Å². The normalized spacial score (nSPS) is 14.9. The lowest BCUT2D eigenvalue weighted by Crippen LogP contribution is -2.40. The summed E-state index contributed by atoms with van der Waals surface area (Å²) in [5.74, 6) is -0.395. The van der Waals surface area contributed by atoms with Crippen molar-refractivity contribution in [2.24, 2.45) is 0 Å². The van der Waals surface area contributed by atoms with Crippen molar-refractivity contribution in [1.82, 2.24) is 9.62 Å². The van der Waals surface area contributed by atoms with Gasteiger partial charge >= 0.3 is 0 Å². The van der Waals surface area contributed by atoms with Crippen LogP contribution in [0.4, 0.5) is 0 Å². The van der Waals surface area contributed by atoms with Crippen LogP contribution in [0.1, 0.15) is 16.7 Å². The molecule has 26 heavy (non-hydrogen) atoms. The Kier molecular flexibility index (Phi) is 5.85. The van der Waals surface area contributed by atoms with Gasteiger partial charge in [-0.15, -0.1) is 0 Å². The molecule has 0 saturated heterocycles. The average Bonchev–Trinajstić information content (AvgIpc) is 2.66. The standard InChI is InChI=1S/C20H22N2O3S/c23-20(11-10-17-6-2-1-3-7-17)21-13-15-26(24,25)22-14-12-18-8-4-5-9-19(18)16-22/h1-11H,12-16H2,(H,21,23). The minimum atomic E-state index is -3.39. The molecule has 0 saturated carbocycles. The Morgan fingerprint density at radius 3 is 2.50 bits per heavy atom. The minimum absolute atomic E-state index is 0.0957. The number of fused-ring (bicyclic) bond motifs is 1. The predicted molar refractivity (Wildman–Crippen MR) is 103 cm³/mol. The van der Waals surface area contributed by atoms with E-state index in [2.05, 4.69) is 5.32 Å². The van der Waals surface area contributed by atoms with Gasteiger partial charge in [-0.25, -0.2) is 8.42 Å². The summed E-state index contributed by atoms with van der Waals surface area (Å²) in [4.78, 5) is 11.8. The summed E-state index contributed by atoms with van der Waals surface area (Å²) < 4.78 is 26.5. The van der Waals surface area contributed by atoms with Gasteiger partial charge in [0, 0.05) is 25.7 Å². The maximum absolute atomic E-state index is 12.5. The van der Waals surface area contributed by atoms with Crippen LogP contribution in [0.15, 0.2) is 60.7 Å². The largest absolute Gasteiger partial charge is 0.351 e. The first-order valence-electron chi connectivity index (χ1n) is 8.60. The second kappa shape index (κ2) is 8.29. The smallest absolute Gasteiger partial charge is 0.244 e. The molecule has 0 bridgehead atoms. The third kappa shape index (κ3) is 4.80. The average molecular weight is 370 g/mol. The zero-order chi connectivity index (χ0) is 18.4. The van der Waals surface area contributed by atoms with Crippen LogP contribution in [0, 0.1) is 0 Å². The molecule has 6 heteroatoms. The van der Waals surface area contributed by atoms with Crippen molar-refractivity contribution in [3.63, 3.8) is 0 Å². The molecule has 0 aromatic heterocycles. The van der Waals surface area contributed by atoms with Crippen molar-refractivity contribution in [3.05, 3.63) is 77.4 Å². The summed E-state index contributed by atoms with van der Waals surface area (Å²) >= 11 is 0. The molecule has 1 aliphatic rings. The zero-order valence-electron chi connectivity index (χ0n) is 14.5. The molecule has 0 unspecified atom stereocenters. The Morgan fingerprint density at radius 1 is 1.04 bits per heavy atom. The van der Waals surface area contributed by atoms with Crippen LogP contribution in [-0.2, 0) is 27.8 Å². The highest BCUT2D eigenvalue weighted by Crippen LogP contribution is 2.20. The minimum Gasteiger partial charge on any atom is -0.351 e. The Labute approximate surface area is 154 Å². The number of nitrogens with one attached hydrogen (secondary N) is 1. The van der Waals surface area contributed by atoms with Crippen LogP contribution < -0.4 is 5.32 Å². The van der Waals surface area contributed by atoms with E-state index in [0.29, 0.717) is 13.1 Å². The number of amides is 1. The lowest BCUT2D eigenvalue weighted by molar-refractivity contribution is -0.116. The van der Waals surface area contributed by atoms with E-state index >= 15 is 0 Å². The van der Waals surface area contributed by atoms with Gasteiger partial charge in [0.15, 0.2) is 0 Å². The van der Waals surface area contributed by atoms with Crippen LogP contribution in [-0.4, -0.2) is 37.5 Å². The molecule has 0 aliphatic carbocycles. The summed E-state index contributed by atoms with van der Waals surface area (Å²) in [6, 6.07) is 17.4. The third-order valence-electron chi connectivity index (χ3n) is 4.37. The molecule has 0 fully saturated rings. The first-order chi connectivity index (χ1) is 12.5. The molecule has 2 aromatic rings. The van der Waals surface area contributed by atoms with Crippen LogP contribution >= 0.6 is 0 Å². The number of carbonyl (C=O) groups excluding carboxylic acids is 1. The summed E-state index contributed by atoms with van der Waals surface area (Å²) in [6.07, 6.45) is 3.84. The quantitative estimate of drug-likeness (QED) is 0.793. The fraction of sp³-hybridized carbons (Fsp3) is 0.250. The number of carbonyl (C=O) groups is 1. The molecule has 0 atom stereocenters. The Hall–Kier alpha value is -2.44. The number of hydrogen-bond donors (Lipinski definition) is 1. The van der Waals surface area contributed by atoms with Gasteiger partial charge in [-0.2, -0.15) is 4.31 Å². The van der Waals surface area contributed by atoms with Gasteiger partial charge in [0.2, 0.25) is 15.9 Å². The second-order valence-corrected chi connectivity index (χ2v) is 8.29. The molecule has 0 spiro atoms. The van der Waals surface area contributed by atoms with E-state index < -0.39 is 10.0 Å². The Bertz CT molecular complexity index is 892. The summed E-state index contributed by atoms with van der Waals surface area (Å²) in [6.45, 7) is 0.986. The monoisotopic (exact) mass is 370 g/mol. The molecular weight excluding hydrogens is 348 g/mol. The van der Waals surface area contributed by atoms with E-state index in [1.165, 1.54) is 15.9 Å². The van der Waals surface area contributed by atoms with Gasteiger partial charge in [-0.3, -0.25) is 4.79 Å². The lowest BCUT2D eigenvalue weighted by atomic mass is 10.0. The molecule has 1 N–H and O–H groups in total. The fourth-order valence-electron chi connectivity index (χ4n) is 2.93. The predicted octanol–water partition coefficient (Wildman–Crippen LogP) is 2.20. The van der Waals surface area contributed by atoms with Crippen molar-refractivity contribution >= 4 is 22.0 Å². The van der Waals surface area contributed by atoms with Gasteiger partial charge in [0.1, 0.15) is 0 Å². The highest BCUT2D eigenvalue weighted by atomic mass is 32.2. The molecule has 5 nitrogen and oxygen atoms in total. The summed E-state index contributed by atoms with van der Waals surface area (Å²) in [7, 11) is -3.39. The summed E-state index contributed by atoms with van der Waals surface area (Å²) in [5.41, 5.74) is 3.18. The van der Waals surface area contributed by atoms with Crippen molar-refractivity contribution in [3.8, 4) is 0 Å². The molecule has 3 rings (SSSR count). The van der Waals surface area contributed by atoms with Crippen LogP contribution in [0.3, 0.4) is 0 Å². The van der Waals surface area contributed by atoms with Gasteiger partial charge in [0.05, 0.1) is 5.75 Å². The Morgan fingerprint density at radius 2 is 1.73 bits per heavy atom. The number of nitrogens with zero attached hydrogens (tertiary/aromatic N) is 1. The van der Waals surface area contributed by atoms with Crippen molar-refractivity contribution in [1.29, 1.82) is 0 Å². The first-order valence-corrected chi connectivity index (χ1v) is 10.2. The molecule has 0 radical (unpaired) electrons. The van der Waals surface area contributed by atoms with E-state index in [1.54, 1.807) is 6.08 Å². The summed E-state index contributed by atoms with van der Waals surface area (Å²) in [5, 5.41) is 2.64. The van der Waals surface area contributed by atoms with Crippen molar-refractivity contribution in [2.75, 3.05) is 18.8 Å². The van der Waals surface area contributed by atoms with E-state index in [0.717, 1.165) is 17.5 Å². The second-order valence-electron chi connectivity index (χ2n) is 6.20. The number of rotatable bonds is 6. The van der Waals surface area contributed by atoms with E-state index in [-0.39, 0.29) is 18.2 Å². The SMILES string of the molecule is O=C(C=Cc1ccccc1)NCCS(=O)(=O)N1CCc2ccccc2C1. The Balaban J connectivity index is 1.50. The lowest BCUT2D eigenvalue weighted by Gasteiger charge is -2.28. The molecule has 1 heterocycles. The molecule has 1 aliphatic heterocycles. The van der Waals surface area contributed by atoms with Gasteiger partial charge in [0.25, 0.3) is 0 Å². The molecular formula is C20H22N2O3S. The van der Waals surface area contributed by atoms with E-state index in [1.807, 2.05) is 54.6 Å². The van der Waals surface area contributed by atoms with Crippen LogP contribution in [0.2, 0.25) is 0 Å². The van der Waals surface area contributed by atoms with Gasteiger partial charge < -0.3 is 5.32 Å². The van der Waals surface area contributed by atoms with E-state index in [9.17, 15) is 13.2 Å². The topological polar surface area (TPSA) is 66.5 Å². The fourth-order valence-corrected chi connectivity index (χ4v) is 4.26. The van der Waals surface area contributed by atoms with Gasteiger partial charge in [-0.1, -0.05) is 54.6 Å². The maximum Gasteiger partial charge on any atom is 0.244 e. The zero-order valence-corrected chi connectivity index (χ0v) is 15.3. The maximum atomic E-state index is 12.5. The number of benzene rings is 2.